The monoisotopic (exact) mass is 417 g/mol. The van der Waals surface area contributed by atoms with Gasteiger partial charge in [0.1, 0.15) is 11.9 Å². The molecule has 2 amide bonds. The number of fused-ring (bicyclic) bond motifs is 1. The number of nitrogens with zero attached hydrogens (tertiary/aromatic N) is 2. The van der Waals surface area contributed by atoms with E-state index in [2.05, 4.69) is 32.9 Å². The van der Waals surface area contributed by atoms with Crippen molar-refractivity contribution in [3.8, 4) is 0 Å². The fourth-order valence-corrected chi connectivity index (χ4v) is 3.30. The van der Waals surface area contributed by atoms with E-state index >= 15 is 0 Å². The van der Waals surface area contributed by atoms with Crippen LogP contribution in [0.25, 0.3) is 11.0 Å². The van der Waals surface area contributed by atoms with Crippen LogP contribution in [0.2, 0.25) is 0 Å². The zero-order chi connectivity index (χ0) is 15.0. The van der Waals surface area contributed by atoms with Crippen LogP contribution in [0.1, 0.15) is 24.7 Å². The minimum atomic E-state index is -0.397. The molecule has 1 N–H and O–H groups in total. The number of alkyl halides is 1. The molecule has 0 radical (unpaired) electrons. The number of nitrogens with one attached hydrogen (secondary N) is 1. The maximum absolute atomic E-state index is 12.2. The Kier molecular flexibility index (Phi) is 4.17. The predicted octanol–water partition coefficient (Wildman–Crippen LogP) is 2.40. The van der Waals surface area contributed by atoms with E-state index in [-0.39, 0.29) is 11.8 Å². The topological polar surface area (TPSA) is 64.0 Å². The molecule has 0 aliphatic carbocycles. The first-order valence-electron chi connectivity index (χ1n) is 6.66. The lowest BCUT2D eigenvalue weighted by Gasteiger charge is -2.24. The van der Waals surface area contributed by atoms with Gasteiger partial charge in [-0.05, 0) is 47.2 Å². The van der Waals surface area contributed by atoms with Crippen LogP contribution in [-0.2, 0) is 16.0 Å². The summed E-state index contributed by atoms with van der Waals surface area (Å²) < 4.78 is 3.01. The average molecular weight is 418 g/mol. The van der Waals surface area contributed by atoms with E-state index in [1.54, 1.807) is 0 Å². The highest BCUT2D eigenvalue weighted by atomic mass is 127. The molecule has 0 saturated carbocycles. The summed E-state index contributed by atoms with van der Waals surface area (Å²) in [7, 11) is 0. The lowest BCUT2D eigenvalue weighted by Crippen LogP contribution is -2.42. The number of imide groups is 1. The fraction of sp³-hybridized carbons (Fsp3) is 0.357. The lowest BCUT2D eigenvalue weighted by atomic mass is 10.1. The first-order chi connectivity index (χ1) is 10.1. The van der Waals surface area contributed by atoms with Gasteiger partial charge in [0.05, 0.1) is 11.0 Å². The van der Waals surface area contributed by atoms with Crippen LogP contribution in [0, 0.1) is 3.57 Å². The Morgan fingerprint density at radius 1 is 1.43 bits per heavy atom. The zero-order valence-electron chi connectivity index (χ0n) is 11.1. The van der Waals surface area contributed by atoms with Gasteiger partial charge in [-0.25, -0.2) is 4.98 Å². The van der Waals surface area contributed by atoms with Gasteiger partial charge >= 0.3 is 0 Å². The summed E-state index contributed by atoms with van der Waals surface area (Å²) in [6.45, 7) is 0. The van der Waals surface area contributed by atoms with Gasteiger partial charge in [-0.2, -0.15) is 0 Å². The third-order valence-corrected chi connectivity index (χ3v) is 4.42. The third-order valence-electron chi connectivity index (χ3n) is 3.56. The van der Waals surface area contributed by atoms with Gasteiger partial charge in [0, 0.05) is 22.3 Å². The summed E-state index contributed by atoms with van der Waals surface area (Å²) in [4.78, 5) is 28.1. The molecule has 1 saturated heterocycles. The first kappa shape index (κ1) is 14.8. The molecule has 7 heteroatoms. The lowest BCUT2D eigenvalue weighted by molar-refractivity contribution is -0.135. The second-order valence-corrected chi connectivity index (χ2v) is 6.56. The molecule has 1 aliphatic heterocycles. The summed E-state index contributed by atoms with van der Waals surface area (Å²) in [5, 5.41) is 2.40. The van der Waals surface area contributed by atoms with Crippen molar-refractivity contribution in [2.45, 2.75) is 25.3 Å². The van der Waals surface area contributed by atoms with Crippen molar-refractivity contribution >= 4 is 57.0 Å². The highest BCUT2D eigenvalue weighted by Gasteiger charge is 2.30. The van der Waals surface area contributed by atoms with Gasteiger partial charge in [0.15, 0.2) is 0 Å². The molecule has 5 nitrogen and oxygen atoms in total. The van der Waals surface area contributed by atoms with Gasteiger partial charge < -0.3 is 4.57 Å². The second-order valence-electron chi connectivity index (χ2n) is 4.94. The van der Waals surface area contributed by atoms with Gasteiger partial charge in [-0.1, -0.05) is 0 Å². The molecule has 1 aromatic heterocycles. The molecule has 0 bridgehead atoms. The molecule has 3 rings (SSSR count). The number of aromatic nitrogens is 2. The minimum absolute atomic E-state index is 0.214. The van der Waals surface area contributed by atoms with E-state index in [1.165, 1.54) is 0 Å². The number of aryl methyl sites for hydroxylation is 1. The van der Waals surface area contributed by atoms with Crippen LogP contribution >= 0.6 is 34.2 Å². The number of halogens is 2. The number of rotatable bonds is 3. The van der Waals surface area contributed by atoms with Crippen LogP contribution in [0.15, 0.2) is 18.2 Å². The quantitative estimate of drug-likeness (QED) is 0.474. The van der Waals surface area contributed by atoms with Crippen LogP contribution < -0.4 is 5.32 Å². The Hall–Kier alpha value is -1.15. The summed E-state index contributed by atoms with van der Waals surface area (Å²) >= 11 is 8.09. The molecular formula is C14H13ClIN3O2. The van der Waals surface area contributed by atoms with Gasteiger partial charge in [0.25, 0.3) is 0 Å². The number of amides is 2. The Balaban J connectivity index is 2.12. The van der Waals surface area contributed by atoms with Crippen molar-refractivity contribution in [3.63, 3.8) is 0 Å². The average Bonchev–Trinajstić information content (AvgIpc) is 2.76. The fourth-order valence-electron chi connectivity index (χ4n) is 2.66. The van der Waals surface area contributed by atoms with Gasteiger partial charge in [-0.15, -0.1) is 11.6 Å². The van der Waals surface area contributed by atoms with E-state index < -0.39 is 6.04 Å². The van der Waals surface area contributed by atoms with Gasteiger partial charge in [-0.3, -0.25) is 14.9 Å². The molecule has 2 aromatic rings. The molecule has 2 heterocycles. The van der Waals surface area contributed by atoms with Crippen LogP contribution in [0.5, 0.6) is 0 Å². The largest absolute Gasteiger partial charge is 0.315 e. The number of imidazole rings is 1. The number of hydrogen-bond donors (Lipinski definition) is 1. The maximum Gasteiger partial charge on any atom is 0.249 e. The Labute approximate surface area is 140 Å². The number of carbonyl (C=O) groups excluding carboxylic acids is 2. The van der Waals surface area contributed by atoms with Crippen LogP contribution in [0.4, 0.5) is 0 Å². The number of carbonyl (C=O) groups is 2. The predicted molar refractivity (Wildman–Crippen MR) is 88.3 cm³/mol. The van der Waals surface area contributed by atoms with Crippen molar-refractivity contribution in [1.29, 1.82) is 0 Å². The smallest absolute Gasteiger partial charge is 0.249 e. The van der Waals surface area contributed by atoms with E-state index in [1.807, 2.05) is 22.8 Å². The van der Waals surface area contributed by atoms with E-state index in [9.17, 15) is 9.59 Å². The highest BCUT2D eigenvalue weighted by molar-refractivity contribution is 14.1. The van der Waals surface area contributed by atoms with Crippen LogP contribution in [0.3, 0.4) is 0 Å². The Morgan fingerprint density at radius 3 is 2.95 bits per heavy atom. The third kappa shape index (κ3) is 2.78. The number of benzene rings is 1. The molecule has 1 aromatic carbocycles. The molecular weight excluding hydrogens is 405 g/mol. The summed E-state index contributed by atoms with van der Waals surface area (Å²) in [5.74, 6) is 0.749. The summed E-state index contributed by atoms with van der Waals surface area (Å²) in [5.41, 5.74) is 1.76. The summed E-state index contributed by atoms with van der Waals surface area (Å²) in [6.07, 6.45) is 1.43. The molecule has 1 unspecified atom stereocenters. The molecule has 1 aliphatic rings. The number of hydrogen-bond acceptors (Lipinski definition) is 3. The van der Waals surface area contributed by atoms with Crippen molar-refractivity contribution in [3.05, 3.63) is 27.6 Å². The first-order valence-corrected chi connectivity index (χ1v) is 8.27. The van der Waals surface area contributed by atoms with Crippen molar-refractivity contribution in [2.24, 2.45) is 0 Å². The second kappa shape index (κ2) is 5.92. The molecule has 0 spiro atoms. The summed E-state index contributed by atoms with van der Waals surface area (Å²) in [6, 6.07) is 5.53. The molecule has 21 heavy (non-hydrogen) atoms. The zero-order valence-corrected chi connectivity index (χ0v) is 14.0. The van der Waals surface area contributed by atoms with Crippen molar-refractivity contribution < 1.29 is 9.59 Å². The Morgan fingerprint density at radius 2 is 2.24 bits per heavy atom. The normalized spacial score (nSPS) is 19.0. The Bertz CT molecular complexity index is 728. The van der Waals surface area contributed by atoms with Crippen LogP contribution in [-0.4, -0.2) is 27.2 Å². The molecule has 110 valence electrons. The van der Waals surface area contributed by atoms with Crippen molar-refractivity contribution in [1.82, 2.24) is 14.9 Å². The minimum Gasteiger partial charge on any atom is -0.315 e. The van der Waals surface area contributed by atoms with E-state index in [0.717, 1.165) is 20.4 Å². The standard InChI is InChI=1S/C14H13ClIN3O2/c15-6-5-12-17-9-7-8(16)1-2-10(9)19(12)11-3-4-13(20)18-14(11)21/h1-2,7,11H,3-6H2,(H,18,20,21). The van der Waals surface area contributed by atoms with Gasteiger partial charge in [0.2, 0.25) is 11.8 Å². The SMILES string of the molecule is O=C1CCC(n2c(CCCl)nc3cc(I)ccc32)C(=O)N1. The van der Waals surface area contributed by atoms with E-state index in [0.29, 0.717) is 25.1 Å². The molecule has 1 fully saturated rings. The molecule has 1 atom stereocenters. The van der Waals surface area contributed by atoms with Crippen molar-refractivity contribution in [2.75, 3.05) is 5.88 Å². The van der Waals surface area contributed by atoms with E-state index in [4.69, 9.17) is 11.6 Å². The maximum atomic E-state index is 12.2. The highest BCUT2D eigenvalue weighted by Crippen LogP contribution is 2.28. The number of piperidine rings is 1.